The maximum atomic E-state index is 9.18. The van der Waals surface area contributed by atoms with E-state index in [0.29, 0.717) is 17.3 Å². The molecule has 0 unspecified atom stereocenters. The van der Waals surface area contributed by atoms with Crippen LogP contribution in [0.2, 0.25) is 0 Å². The molecule has 5 nitrogen and oxygen atoms in total. The Hall–Kier alpha value is -2.53. The number of methoxy groups -OCH3 is 1. The number of benzene rings is 1. The predicted octanol–water partition coefficient (Wildman–Crippen LogP) is 2.81. The maximum absolute atomic E-state index is 9.18. The van der Waals surface area contributed by atoms with Crippen LogP contribution in [-0.2, 0) is 6.61 Å². The standard InChI is InChI=1S/C15H15N3O2/c1-20-15-11(9-19)3-5-14(18-15)17-12-4-2-10-6-7-16-13(10)8-12/h2-8,16,19H,9H2,1H3,(H,17,18). The SMILES string of the molecule is COc1nc(Nc2ccc3cc[nH]c3c2)ccc1CO. The smallest absolute Gasteiger partial charge is 0.220 e. The minimum atomic E-state index is -0.0924. The number of aromatic nitrogens is 2. The van der Waals surface area contributed by atoms with Crippen molar-refractivity contribution in [3.05, 3.63) is 48.2 Å². The first-order valence-corrected chi connectivity index (χ1v) is 6.29. The van der Waals surface area contributed by atoms with Gasteiger partial charge in [0.15, 0.2) is 0 Å². The topological polar surface area (TPSA) is 70.2 Å². The lowest BCUT2D eigenvalue weighted by atomic mass is 10.2. The summed E-state index contributed by atoms with van der Waals surface area (Å²) in [7, 11) is 1.54. The molecular weight excluding hydrogens is 254 g/mol. The minimum absolute atomic E-state index is 0.0924. The monoisotopic (exact) mass is 269 g/mol. The second-order valence-electron chi connectivity index (χ2n) is 4.43. The molecule has 3 aromatic rings. The third-order valence-corrected chi connectivity index (χ3v) is 3.13. The van der Waals surface area contributed by atoms with E-state index in [1.54, 1.807) is 6.07 Å². The third-order valence-electron chi connectivity index (χ3n) is 3.13. The van der Waals surface area contributed by atoms with E-state index in [4.69, 9.17) is 4.74 Å². The van der Waals surface area contributed by atoms with Crippen LogP contribution in [0.5, 0.6) is 5.88 Å². The molecule has 0 radical (unpaired) electrons. The van der Waals surface area contributed by atoms with E-state index in [-0.39, 0.29) is 6.61 Å². The van der Waals surface area contributed by atoms with Crippen LogP contribution >= 0.6 is 0 Å². The summed E-state index contributed by atoms with van der Waals surface area (Å²) in [6, 6.07) is 11.7. The Morgan fingerprint density at radius 1 is 1.25 bits per heavy atom. The summed E-state index contributed by atoms with van der Waals surface area (Å²) in [5, 5.41) is 13.6. The molecule has 20 heavy (non-hydrogen) atoms. The molecule has 2 aromatic heterocycles. The number of H-pyrrole nitrogens is 1. The van der Waals surface area contributed by atoms with E-state index in [0.717, 1.165) is 16.6 Å². The van der Waals surface area contributed by atoms with Gasteiger partial charge < -0.3 is 20.1 Å². The van der Waals surface area contributed by atoms with Crippen LogP contribution in [0.4, 0.5) is 11.5 Å². The van der Waals surface area contributed by atoms with Gasteiger partial charge in [-0.1, -0.05) is 6.07 Å². The molecule has 0 amide bonds. The molecule has 102 valence electrons. The Morgan fingerprint density at radius 3 is 2.95 bits per heavy atom. The average Bonchev–Trinajstić information content (AvgIpc) is 2.94. The van der Waals surface area contributed by atoms with Crippen molar-refractivity contribution in [3.63, 3.8) is 0 Å². The van der Waals surface area contributed by atoms with Crippen molar-refractivity contribution >= 4 is 22.4 Å². The lowest BCUT2D eigenvalue weighted by Gasteiger charge is -2.09. The van der Waals surface area contributed by atoms with Crippen molar-refractivity contribution in [1.29, 1.82) is 0 Å². The van der Waals surface area contributed by atoms with Gasteiger partial charge in [-0.3, -0.25) is 0 Å². The van der Waals surface area contributed by atoms with E-state index in [2.05, 4.69) is 15.3 Å². The molecule has 0 spiro atoms. The molecule has 3 rings (SSSR count). The number of aliphatic hydroxyl groups excluding tert-OH is 1. The lowest BCUT2D eigenvalue weighted by molar-refractivity contribution is 0.271. The molecule has 0 fully saturated rings. The van der Waals surface area contributed by atoms with Gasteiger partial charge in [0.2, 0.25) is 5.88 Å². The molecule has 3 N–H and O–H groups in total. The Morgan fingerprint density at radius 2 is 2.15 bits per heavy atom. The average molecular weight is 269 g/mol. The zero-order chi connectivity index (χ0) is 13.9. The summed E-state index contributed by atoms with van der Waals surface area (Å²) >= 11 is 0. The number of aromatic amines is 1. The number of nitrogens with one attached hydrogen (secondary N) is 2. The van der Waals surface area contributed by atoms with Crippen LogP contribution in [0.15, 0.2) is 42.6 Å². The van der Waals surface area contributed by atoms with E-state index in [1.807, 2.05) is 36.5 Å². The number of hydrogen-bond acceptors (Lipinski definition) is 4. The fourth-order valence-electron chi connectivity index (χ4n) is 2.11. The molecule has 5 heteroatoms. The van der Waals surface area contributed by atoms with Crippen LogP contribution in [0.3, 0.4) is 0 Å². The van der Waals surface area contributed by atoms with Gasteiger partial charge in [-0.25, -0.2) is 0 Å². The van der Waals surface area contributed by atoms with E-state index in [1.165, 1.54) is 7.11 Å². The van der Waals surface area contributed by atoms with Crippen LogP contribution in [0.25, 0.3) is 10.9 Å². The Balaban J connectivity index is 1.89. The highest BCUT2D eigenvalue weighted by Gasteiger charge is 2.06. The first-order chi connectivity index (χ1) is 9.80. The highest BCUT2D eigenvalue weighted by molar-refractivity contribution is 5.83. The van der Waals surface area contributed by atoms with E-state index >= 15 is 0 Å². The van der Waals surface area contributed by atoms with Crippen LogP contribution in [0.1, 0.15) is 5.56 Å². The summed E-state index contributed by atoms with van der Waals surface area (Å²) < 4.78 is 5.16. The number of anilines is 2. The van der Waals surface area contributed by atoms with Gasteiger partial charge in [-0.05, 0) is 35.7 Å². The first-order valence-electron chi connectivity index (χ1n) is 6.29. The highest BCUT2D eigenvalue weighted by Crippen LogP contribution is 2.23. The predicted molar refractivity (Wildman–Crippen MR) is 78.3 cm³/mol. The molecule has 1 aromatic carbocycles. The zero-order valence-corrected chi connectivity index (χ0v) is 11.1. The molecule has 0 aliphatic carbocycles. The number of nitrogens with zero attached hydrogens (tertiary/aromatic N) is 1. The molecule has 0 saturated carbocycles. The number of pyridine rings is 1. The quantitative estimate of drug-likeness (QED) is 0.681. The van der Waals surface area contributed by atoms with Crippen LogP contribution in [0, 0.1) is 0 Å². The highest BCUT2D eigenvalue weighted by atomic mass is 16.5. The summed E-state index contributed by atoms with van der Waals surface area (Å²) in [4.78, 5) is 7.49. The second kappa shape index (κ2) is 5.22. The normalized spacial score (nSPS) is 10.7. The Bertz CT molecular complexity index is 737. The summed E-state index contributed by atoms with van der Waals surface area (Å²) in [6.45, 7) is -0.0924. The summed E-state index contributed by atoms with van der Waals surface area (Å²) in [5.74, 6) is 1.10. The number of rotatable bonds is 4. The van der Waals surface area contributed by atoms with Crippen LogP contribution in [-0.4, -0.2) is 22.2 Å². The summed E-state index contributed by atoms with van der Waals surface area (Å²) in [6.07, 6.45) is 1.91. The maximum Gasteiger partial charge on any atom is 0.220 e. The number of aliphatic hydroxyl groups is 1. The summed E-state index contributed by atoms with van der Waals surface area (Å²) in [5.41, 5.74) is 2.66. The number of hydrogen-bond donors (Lipinski definition) is 3. The van der Waals surface area contributed by atoms with Gasteiger partial charge in [0.05, 0.1) is 13.7 Å². The van der Waals surface area contributed by atoms with Crippen molar-refractivity contribution in [2.75, 3.05) is 12.4 Å². The molecular formula is C15H15N3O2. The van der Waals surface area contributed by atoms with Gasteiger partial charge in [0, 0.05) is 23.0 Å². The second-order valence-corrected chi connectivity index (χ2v) is 4.43. The van der Waals surface area contributed by atoms with Crippen molar-refractivity contribution in [3.8, 4) is 5.88 Å². The van der Waals surface area contributed by atoms with Crippen molar-refractivity contribution in [2.24, 2.45) is 0 Å². The molecule has 0 aliphatic heterocycles. The largest absolute Gasteiger partial charge is 0.481 e. The molecule has 0 aliphatic rings. The first kappa shape index (κ1) is 12.5. The van der Waals surface area contributed by atoms with Gasteiger partial charge in [-0.2, -0.15) is 4.98 Å². The zero-order valence-electron chi connectivity index (χ0n) is 11.1. The molecule has 2 heterocycles. The molecule has 0 saturated heterocycles. The Labute approximate surface area is 116 Å². The van der Waals surface area contributed by atoms with Gasteiger partial charge in [0.25, 0.3) is 0 Å². The van der Waals surface area contributed by atoms with E-state index in [9.17, 15) is 5.11 Å². The minimum Gasteiger partial charge on any atom is -0.481 e. The van der Waals surface area contributed by atoms with Gasteiger partial charge >= 0.3 is 0 Å². The molecule has 0 bridgehead atoms. The van der Waals surface area contributed by atoms with Gasteiger partial charge in [0.1, 0.15) is 5.82 Å². The van der Waals surface area contributed by atoms with Gasteiger partial charge in [-0.15, -0.1) is 0 Å². The van der Waals surface area contributed by atoms with Crippen LogP contribution < -0.4 is 10.1 Å². The number of ether oxygens (including phenoxy) is 1. The van der Waals surface area contributed by atoms with Crippen molar-refractivity contribution in [1.82, 2.24) is 9.97 Å². The fourth-order valence-corrected chi connectivity index (χ4v) is 2.11. The Kier molecular flexibility index (Phi) is 3.26. The van der Waals surface area contributed by atoms with E-state index < -0.39 is 0 Å². The third kappa shape index (κ3) is 2.31. The fraction of sp³-hybridized carbons (Fsp3) is 0.133. The lowest BCUT2D eigenvalue weighted by Crippen LogP contribution is -1.99. The van der Waals surface area contributed by atoms with Crippen molar-refractivity contribution in [2.45, 2.75) is 6.61 Å². The molecule has 0 atom stereocenters. The van der Waals surface area contributed by atoms with Crippen molar-refractivity contribution < 1.29 is 9.84 Å². The number of fused-ring (bicyclic) bond motifs is 1.